The van der Waals surface area contributed by atoms with E-state index in [4.69, 9.17) is 4.42 Å². The standard InChI is InChI=1S/C15H13N3O3S/c1-9-13(18-15(22-9)12-3-2-6-21-12)14(20)17-11-7-16-5-4-10(11)8-19/h2-7,19H,8H2,1H3,(H,17,20). The number of amides is 1. The van der Waals surface area contributed by atoms with Crippen LogP contribution in [0.4, 0.5) is 5.69 Å². The molecule has 0 atom stereocenters. The Morgan fingerprint density at radius 1 is 1.45 bits per heavy atom. The van der Waals surface area contributed by atoms with Crippen LogP contribution in [0.15, 0.2) is 41.3 Å². The summed E-state index contributed by atoms with van der Waals surface area (Å²) in [7, 11) is 0. The molecule has 22 heavy (non-hydrogen) atoms. The maximum atomic E-state index is 12.4. The van der Waals surface area contributed by atoms with E-state index < -0.39 is 0 Å². The monoisotopic (exact) mass is 315 g/mol. The van der Waals surface area contributed by atoms with E-state index in [0.717, 1.165) is 4.88 Å². The van der Waals surface area contributed by atoms with Crippen molar-refractivity contribution in [3.05, 3.63) is 53.0 Å². The van der Waals surface area contributed by atoms with Crippen LogP contribution in [-0.2, 0) is 6.61 Å². The summed E-state index contributed by atoms with van der Waals surface area (Å²) >= 11 is 1.39. The molecule has 1 amide bonds. The number of aromatic nitrogens is 2. The molecule has 3 rings (SSSR count). The summed E-state index contributed by atoms with van der Waals surface area (Å²) < 4.78 is 5.30. The number of furan rings is 1. The molecule has 3 aromatic rings. The zero-order chi connectivity index (χ0) is 15.5. The van der Waals surface area contributed by atoms with Crippen LogP contribution in [0.3, 0.4) is 0 Å². The van der Waals surface area contributed by atoms with Crippen LogP contribution in [-0.4, -0.2) is 21.0 Å². The molecule has 0 aliphatic carbocycles. The van der Waals surface area contributed by atoms with Crippen molar-refractivity contribution in [2.75, 3.05) is 5.32 Å². The Morgan fingerprint density at radius 2 is 2.32 bits per heavy atom. The lowest BCUT2D eigenvalue weighted by Gasteiger charge is -2.07. The van der Waals surface area contributed by atoms with E-state index in [-0.39, 0.29) is 12.5 Å². The molecule has 0 aliphatic heterocycles. The van der Waals surface area contributed by atoms with Gasteiger partial charge in [-0.25, -0.2) is 4.98 Å². The van der Waals surface area contributed by atoms with Crippen LogP contribution in [0.1, 0.15) is 20.9 Å². The second kappa shape index (κ2) is 6.08. The molecule has 0 saturated heterocycles. The normalized spacial score (nSPS) is 10.6. The van der Waals surface area contributed by atoms with Gasteiger partial charge in [0.1, 0.15) is 5.69 Å². The van der Waals surface area contributed by atoms with Gasteiger partial charge in [0.2, 0.25) is 0 Å². The number of thiazole rings is 1. The fourth-order valence-corrected chi connectivity index (χ4v) is 2.85. The summed E-state index contributed by atoms with van der Waals surface area (Å²) in [4.78, 5) is 21.5. The average Bonchev–Trinajstić information content (AvgIpc) is 3.17. The predicted molar refractivity (Wildman–Crippen MR) is 82.7 cm³/mol. The number of rotatable bonds is 4. The van der Waals surface area contributed by atoms with Crippen molar-refractivity contribution in [3.63, 3.8) is 0 Å². The molecule has 0 spiro atoms. The first kappa shape index (κ1) is 14.4. The molecule has 0 aliphatic rings. The number of hydrogen-bond acceptors (Lipinski definition) is 6. The Labute approximate surface area is 130 Å². The molecule has 0 bridgehead atoms. The largest absolute Gasteiger partial charge is 0.462 e. The van der Waals surface area contributed by atoms with Crippen molar-refractivity contribution in [2.24, 2.45) is 0 Å². The molecule has 6 nitrogen and oxygen atoms in total. The Balaban J connectivity index is 1.87. The molecular formula is C15H13N3O3S. The van der Waals surface area contributed by atoms with Gasteiger partial charge in [-0.05, 0) is 25.1 Å². The van der Waals surface area contributed by atoms with E-state index in [2.05, 4.69) is 15.3 Å². The Kier molecular flexibility index (Phi) is 3.99. The van der Waals surface area contributed by atoms with E-state index in [1.165, 1.54) is 17.5 Å². The quantitative estimate of drug-likeness (QED) is 0.773. The van der Waals surface area contributed by atoms with E-state index in [1.54, 1.807) is 30.7 Å². The van der Waals surface area contributed by atoms with Crippen molar-refractivity contribution in [1.29, 1.82) is 0 Å². The molecule has 112 valence electrons. The third kappa shape index (κ3) is 2.76. The first-order valence-corrected chi connectivity index (χ1v) is 7.37. The number of carbonyl (C=O) groups excluding carboxylic acids is 1. The molecule has 3 aromatic heterocycles. The van der Waals surface area contributed by atoms with Gasteiger partial charge in [0.05, 0.1) is 24.8 Å². The second-order valence-corrected chi connectivity index (χ2v) is 5.75. The Bertz CT molecular complexity index is 796. The number of anilines is 1. The predicted octanol–water partition coefficient (Wildman–Crippen LogP) is 2.85. The lowest BCUT2D eigenvalue weighted by Crippen LogP contribution is -2.15. The molecule has 0 saturated carbocycles. The van der Waals surface area contributed by atoms with Crippen LogP contribution in [0.5, 0.6) is 0 Å². The van der Waals surface area contributed by atoms with Gasteiger partial charge in [-0.15, -0.1) is 11.3 Å². The van der Waals surface area contributed by atoms with Crippen LogP contribution in [0.25, 0.3) is 10.8 Å². The minimum Gasteiger partial charge on any atom is -0.462 e. The van der Waals surface area contributed by atoms with Crippen molar-refractivity contribution < 1.29 is 14.3 Å². The van der Waals surface area contributed by atoms with Gasteiger partial charge < -0.3 is 14.8 Å². The highest BCUT2D eigenvalue weighted by Gasteiger charge is 2.18. The third-order valence-electron chi connectivity index (χ3n) is 3.07. The van der Waals surface area contributed by atoms with Crippen LogP contribution >= 0.6 is 11.3 Å². The van der Waals surface area contributed by atoms with Crippen molar-refractivity contribution in [1.82, 2.24) is 9.97 Å². The topological polar surface area (TPSA) is 88.3 Å². The van der Waals surface area contributed by atoms with Crippen molar-refractivity contribution in [2.45, 2.75) is 13.5 Å². The zero-order valence-corrected chi connectivity index (χ0v) is 12.6. The van der Waals surface area contributed by atoms with E-state index >= 15 is 0 Å². The summed E-state index contributed by atoms with van der Waals surface area (Å²) in [6, 6.07) is 5.22. The van der Waals surface area contributed by atoms with Gasteiger partial charge in [0, 0.05) is 16.6 Å². The number of aryl methyl sites for hydroxylation is 1. The van der Waals surface area contributed by atoms with Gasteiger partial charge in [0.25, 0.3) is 5.91 Å². The highest BCUT2D eigenvalue weighted by atomic mass is 32.1. The summed E-state index contributed by atoms with van der Waals surface area (Å²) in [6.07, 6.45) is 4.62. The number of nitrogens with one attached hydrogen (secondary N) is 1. The third-order valence-corrected chi connectivity index (χ3v) is 4.06. The lowest BCUT2D eigenvalue weighted by atomic mass is 10.2. The molecular weight excluding hydrogens is 302 g/mol. The maximum absolute atomic E-state index is 12.4. The summed E-state index contributed by atoms with van der Waals surface area (Å²) in [6.45, 7) is 1.65. The van der Waals surface area contributed by atoms with Gasteiger partial charge >= 0.3 is 0 Å². The molecule has 3 heterocycles. The lowest BCUT2D eigenvalue weighted by molar-refractivity contribution is 0.102. The number of pyridine rings is 1. The highest BCUT2D eigenvalue weighted by Crippen LogP contribution is 2.28. The number of aliphatic hydroxyl groups is 1. The molecule has 0 aromatic carbocycles. The first-order valence-electron chi connectivity index (χ1n) is 6.55. The van der Waals surface area contributed by atoms with E-state index in [0.29, 0.717) is 27.7 Å². The molecule has 7 heteroatoms. The number of hydrogen-bond donors (Lipinski definition) is 2. The van der Waals surface area contributed by atoms with Crippen LogP contribution < -0.4 is 5.32 Å². The number of aliphatic hydroxyl groups excluding tert-OH is 1. The number of carbonyl (C=O) groups is 1. The second-order valence-electron chi connectivity index (χ2n) is 4.55. The SMILES string of the molecule is Cc1sc(-c2ccco2)nc1C(=O)Nc1cnccc1CO. The summed E-state index contributed by atoms with van der Waals surface area (Å²) in [5.41, 5.74) is 1.41. The molecule has 0 fully saturated rings. The van der Waals surface area contributed by atoms with Crippen molar-refractivity contribution >= 4 is 22.9 Å². The number of nitrogens with zero attached hydrogens (tertiary/aromatic N) is 2. The summed E-state index contributed by atoms with van der Waals surface area (Å²) in [5, 5.41) is 12.7. The fourth-order valence-electron chi connectivity index (χ4n) is 1.97. The van der Waals surface area contributed by atoms with Crippen molar-refractivity contribution in [3.8, 4) is 10.8 Å². The molecule has 0 unspecified atom stereocenters. The molecule has 0 radical (unpaired) electrons. The van der Waals surface area contributed by atoms with Gasteiger partial charge in [-0.1, -0.05) is 0 Å². The van der Waals surface area contributed by atoms with E-state index in [9.17, 15) is 9.90 Å². The van der Waals surface area contributed by atoms with Gasteiger partial charge in [-0.3, -0.25) is 9.78 Å². The smallest absolute Gasteiger partial charge is 0.275 e. The minimum atomic E-state index is -0.339. The highest BCUT2D eigenvalue weighted by molar-refractivity contribution is 7.15. The first-order chi connectivity index (χ1) is 10.7. The van der Waals surface area contributed by atoms with E-state index in [1.807, 2.05) is 6.92 Å². The fraction of sp³-hybridized carbons (Fsp3) is 0.133. The Morgan fingerprint density at radius 3 is 3.05 bits per heavy atom. The average molecular weight is 315 g/mol. The minimum absolute atomic E-state index is 0.175. The summed E-state index contributed by atoms with van der Waals surface area (Å²) in [5.74, 6) is 0.291. The van der Waals surface area contributed by atoms with Gasteiger partial charge in [-0.2, -0.15) is 0 Å². The zero-order valence-electron chi connectivity index (χ0n) is 11.7. The Hall–Kier alpha value is -2.51. The van der Waals surface area contributed by atoms with Crippen LogP contribution in [0.2, 0.25) is 0 Å². The maximum Gasteiger partial charge on any atom is 0.275 e. The van der Waals surface area contributed by atoms with Crippen LogP contribution in [0, 0.1) is 6.92 Å². The van der Waals surface area contributed by atoms with Gasteiger partial charge in [0.15, 0.2) is 10.8 Å². The molecule has 2 N–H and O–H groups in total.